The maximum Gasteiger partial charge on any atom is 0.237 e. The van der Waals surface area contributed by atoms with Crippen molar-refractivity contribution in [3.8, 4) is 0 Å². The monoisotopic (exact) mass is 268 g/mol. The quantitative estimate of drug-likeness (QED) is 0.687. The minimum atomic E-state index is -0.518. The van der Waals surface area contributed by atoms with E-state index in [1.54, 1.807) is 11.8 Å². The molecule has 0 radical (unpaired) electrons. The van der Waals surface area contributed by atoms with Gasteiger partial charge in [-0.05, 0) is 24.0 Å². The van der Waals surface area contributed by atoms with Gasteiger partial charge in [0, 0.05) is 0 Å². The molecule has 0 heterocycles. The number of thioether (sulfide) groups is 1. The fraction of sp³-hybridized carbons (Fsp3) is 0.462. The van der Waals surface area contributed by atoms with Crippen LogP contribution in [0.1, 0.15) is 18.0 Å². The number of carbonyl (C=O) groups excluding carboxylic acids is 1. The van der Waals surface area contributed by atoms with Crippen LogP contribution in [-0.2, 0) is 4.79 Å². The van der Waals surface area contributed by atoms with Gasteiger partial charge >= 0.3 is 0 Å². The van der Waals surface area contributed by atoms with Gasteiger partial charge in [-0.1, -0.05) is 30.3 Å². The van der Waals surface area contributed by atoms with Crippen LogP contribution in [0.4, 0.5) is 0 Å². The molecule has 0 unspecified atom stereocenters. The summed E-state index contributed by atoms with van der Waals surface area (Å²) in [5.74, 6) is 0.635. The molecule has 0 aromatic heterocycles. The van der Waals surface area contributed by atoms with Gasteiger partial charge in [-0.25, -0.2) is 0 Å². The first-order valence-corrected chi connectivity index (χ1v) is 7.29. The summed E-state index contributed by atoms with van der Waals surface area (Å²) in [5, 5.41) is 12.1. The van der Waals surface area contributed by atoms with Crippen molar-refractivity contribution in [3.05, 3.63) is 35.9 Å². The van der Waals surface area contributed by atoms with E-state index >= 15 is 0 Å². The minimum Gasteiger partial charge on any atom is -0.394 e. The predicted octanol–water partition coefficient (Wildman–Crippen LogP) is 0.917. The summed E-state index contributed by atoms with van der Waals surface area (Å²) in [6.07, 6.45) is 2.62. The Morgan fingerprint density at radius 3 is 2.67 bits per heavy atom. The lowest BCUT2D eigenvalue weighted by molar-refractivity contribution is -0.123. The highest BCUT2D eigenvalue weighted by Crippen LogP contribution is 2.12. The molecule has 0 saturated carbocycles. The lowest BCUT2D eigenvalue weighted by atomic mass is 10.1. The van der Waals surface area contributed by atoms with Gasteiger partial charge in [-0.15, -0.1) is 0 Å². The Balaban J connectivity index is 2.56. The van der Waals surface area contributed by atoms with Crippen molar-refractivity contribution >= 4 is 17.7 Å². The first-order chi connectivity index (χ1) is 8.69. The molecule has 5 heteroatoms. The van der Waals surface area contributed by atoms with Gasteiger partial charge in [0.1, 0.15) is 0 Å². The Kier molecular flexibility index (Phi) is 6.78. The Morgan fingerprint density at radius 1 is 1.44 bits per heavy atom. The molecule has 18 heavy (non-hydrogen) atoms. The smallest absolute Gasteiger partial charge is 0.237 e. The molecule has 0 bridgehead atoms. The van der Waals surface area contributed by atoms with Crippen molar-refractivity contribution in [1.29, 1.82) is 0 Å². The molecule has 1 aromatic carbocycles. The van der Waals surface area contributed by atoms with E-state index in [0.29, 0.717) is 6.42 Å². The summed E-state index contributed by atoms with van der Waals surface area (Å²) >= 11 is 1.66. The zero-order chi connectivity index (χ0) is 13.4. The molecule has 4 N–H and O–H groups in total. The van der Waals surface area contributed by atoms with Gasteiger partial charge in [-0.3, -0.25) is 4.79 Å². The van der Waals surface area contributed by atoms with Crippen LogP contribution in [0.3, 0.4) is 0 Å². The first-order valence-electron chi connectivity index (χ1n) is 5.89. The van der Waals surface area contributed by atoms with Crippen LogP contribution >= 0.6 is 11.8 Å². The zero-order valence-corrected chi connectivity index (χ0v) is 11.3. The van der Waals surface area contributed by atoms with Crippen LogP contribution in [0.5, 0.6) is 0 Å². The molecule has 0 aliphatic carbocycles. The second kappa shape index (κ2) is 8.13. The van der Waals surface area contributed by atoms with Crippen LogP contribution in [0.15, 0.2) is 30.3 Å². The number of nitrogens with two attached hydrogens (primary N) is 1. The molecule has 1 rings (SSSR count). The highest BCUT2D eigenvalue weighted by atomic mass is 32.2. The minimum absolute atomic E-state index is 0.134. The summed E-state index contributed by atoms with van der Waals surface area (Å²) in [4.78, 5) is 11.8. The standard InChI is InChI=1S/C13H20N2O2S/c1-18-8-7-11(14)13(17)15-12(9-16)10-5-3-2-4-6-10/h2-6,11-12,16H,7-9,14H2,1H3,(H,15,17)/t11-,12-/m1/s1. The van der Waals surface area contributed by atoms with Crippen LogP contribution in [0.25, 0.3) is 0 Å². The summed E-state index contributed by atoms with van der Waals surface area (Å²) in [7, 11) is 0. The van der Waals surface area contributed by atoms with E-state index in [-0.39, 0.29) is 18.6 Å². The number of amides is 1. The number of hydrogen-bond donors (Lipinski definition) is 3. The van der Waals surface area contributed by atoms with Gasteiger partial charge in [0.25, 0.3) is 0 Å². The van der Waals surface area contributed by atoms with Crippen molar-refractivity contribution in [2.75, 3.05) is 18.6 Å². The lowest BCUT2D eigenvalue weighted by Gasteiger charge is -2.19. The topological polar surface area (TPSA) is 75.4 Å². The van der Waals surface area contributed by atoms with Crippen molar-refractivity contribution in [1.82, 2.24) is 5.32 Å². The Morgan fingerprint density at radius 2 is 2.11 bits per heavy atom. The molecule has 4 nitrogen and oxygen atoms in total. The molecular formula is C13H20N2O2S. The van der Waals surface area contributed by atoms with Gasteiger partial charge in [0.15, 0.2) is 0 Å². The molecule has 1 aromatic rings. The summed E-state index contributed by atoms with van der Waals surface area (Å²) in [6, 6.07) is 8.47. The summed E-state index contributed by atoms with van der Waals surface area (Å²) in [5.41, 5.74) is 6.66. The van der Waals surface area contributed by atoms with Crippen molar-refractivity contribution in [2.24, 2.45) is 5.73 Å². The number of carbonyl (C=O) groups is 1. The average Bonchev–Trinajstić information content (AvgIpc) is 2.42. The van der Waals surface area contributed by atoms with E-state index in [1.807, 2.05) is 36.6 Å². The van der Waals surface area contributed by atoms with Crippen LogP contribution in [0, 0.1) is 0 Å². The van der Waals surface area contributed by atoms with Gasteiger partial charge < -0.3 is 16.2 Å². The second-order valence-corrected chi connectivity index (χ2v) is 5.03. The van der Waals surface area contributed by atoms with Gasteiger partial charge in [0.2, 0.25) is 5.91 Å². The molecule has 0 aliphatic heterocycles. The van der Waals surface area contributed by atoms with Crippen molar-refractivity contribution in [3.63, 3.8) is 0 Å². The molecule has 0 spiro atoms. The van der Waals surface area contributed by atoms with Crippen LogP contribution in [-0.4, -0.2) is 35.7 Å². The summed E-state index contributed by atoms with van der Waals surface area (Å²) in [6.45, 7) is -0.134. The molecule has 1 amide bonds. The lowest BCUT2D eigenvalue weighted by Crippen LogP contribution is -2.43. The number of rotatable bonds is 7. The zero-order valence-electron chi connectivity index (χ0n) is 10.5. The SMILES string of the molecule is CSCC[C@@H](N)C(=O)N[C@H](CO)c1ccccc1. The van der Waals surface area contributed by atoms with Crippen molar-refractivity contribution in [2.45, 2.75) is 18.5 Å². The third-order valence-corrected chi connectivity index (χ3v) is 3.31. The van der Waals surface area contributed by atoms with E-state index < -0.39 is 6.04 Å². The highest BCUT2D eigenvalue weighted by Gasteiger charge is 2.18. The fourth-order valence-electron chi connectivity index (χ4n) is 1.57. The van der Waals surface area contributed by atoms with Crippen LogP contribution in [0.2, 0.25) is 0 Å². The largest absolute Gasteiger partial charge is 0.394 e. The number of hydrogen-bond acceptors (Lipinski definition) is 4. The molecule has 2 atom stereocenters. The third kappa shape index (κ3) is 4.68. The first kappa shape index (κ1) is 15.0. The Bertz CT molecular complexity index is 359. The summed E-state index contributed by atoms with van der Waals surface area (Å²) < 4.78 is 0. The fourth-order valence-corrected chi connectivity index (χ4v) is 2.06. The molecule has 100 valence electrons. The number of aliphatic hydroxyl groups excluding tert-OH is 1. The number of nitrogens with one attached hydrogen (secondary N) is 1. The van der Waals surface area contributed by atoms with E-state index in [4.69, 9.17) is 5.73 Å². The number of benzene rings is 1. The Hall–Kier alpha value is -1.04. The Labute approximate surface area is 112 Å². The second-order valence-electron chi connectivity index (χ2n) is 4.04. The molecule has 0 fully saturated rings. The van der Waals surface area contributed by atoms with E-state index in [9.17, 15) is 9.90 Å². The molecule has 0 saturated heterocycles. The normalized spacial score (nSPS) is 13.9. The van der Waals surface area contributed by atoms with E-state index in [2.05, 4.69) is 5.32 Å². The van der Waals surface area contributed by atoms with Gasteiger partial charge in [-0.2, -0.15) is 11.8 Å². The van der Waals surface area contributed by atoms with Gasteiger partial charge in [0.05, 0.1) is 18.7 Å². The van der Waals surface area contributed by atoms with Crippen LogP contribution < -0.4 is 11.1 Å². The van der Waals surface area contributed by atoms with E-state index in [1.165, 1.54) is 0 Å². The predicted molar refractivity (Wildman–Crippen MR) is 75.4 cm³/mol. The highest BCUT2D eigenvalue weighted by molar-refractivity contribution is 7.98. The van der Waals surface area contributed by atoms with Crippen molar-refractivity contribution < 1.29 is 9.90 Å². The maximum atomic E-state index is 11.8. The molecular weight excluding hydrogens is 248 g/mol. The van der Waals surface area contributed by atoms with E-state index in [0.717, 1.165) is 11.3 Å². The average molecular weight is 268 g/mol. The number of aliphatic hydroxyl groups is 1. The molecule has 0 aliphatic rings. The third-order valence-electron chi connectivity index (χ3n) is 2.67. The maximum absolute atomic E-state index is 11.8.